The second-order valence-electron chi connectivity index (χ2n) is 4.70. The van der Waals surface area contributed by atoms with Crippen LogP contribution in [0.2, 0.25) is 0 Å². The lowest BCUT2D eigenvalue weighted by molar-refractivity contribution is -0.116. The summed E-state index contributed by atoms with van der Waals surface area (Å²) in [5.41, 5.74) is 2.30. The van der Waals surface area contributed by atoms with E-state index in [4.69, 9.17) is 0 Å². The Balaban J connectivity index is 1.84. The molecular formula is C15H18N4O. The van der Waals surface area contributed by atoms with Crippen LogP contribution in [0.1, 0.15) is 12.0 Å². The van der Waals surface area contributed by atoms with Crippen molar-refractivity contribution in [1.29, 1.82) is 0 Å². The molecule has 0 bridgehead atoms. The zero-order valence-electron chi connectivity index (χ0n) is 11.7. The molecule has 1 amide bonds. The molecule has 1 aromatic carbocycles. The number of aromatic nitrogens is 2. The SMILES string of the molecule is CN(C)c1ccc(CCC(=O)Nc2ccncn2)cc1. The van der Waals surface area contributed by atoms with Gasteiger partial charge in [0.15, 0.2) is 0 Å². The van der Waals surface area contributed by atoms with Gasteiger partial charge in [0.25, 0.3) is 0 Å². The Morgan fingerprint density at radius 3 is 2.55 bits per heavy atom. The number of rotatable bonds is 5. The number of amides is 1. The summed E-state index contributed by atoms with van der Waals surface area (Å²) in [5.74, 6) is 0.494. The lowest BCUT2D eigenvalue weighted by Gasteiger charge is -2.12. The molecule has 0 fully saturated rings. The van der Waals surface area contributed by atoms with E-state index in [1.165, 1.54) is 6.33 Å². The zero-order chi connectivity index (χ0) is 14.4. The van der Waals surface area contributed by atoms with Crippen molar-refractivity contribution < 1.29 is 4.79 Å². The largest absolute Gasteiger partial charge is 0.378 e. The summed E-state index contributed by atoms with van der Waals surface area (Å²) in [4.78, 5) is 21.6. The van der Waals surface area contributed by atoms with E-state index in [1.54, 1.807) is 12.3 Å². The van der Waals surface area contributed by atoms with Crippen molar-refractivity contribution >= 4 is 17.4 Å². The number of nitrogens with zero attached hydrogens (tertiary/aromatic N) is 3. The van der Waals surface area contributed by atoms with E-state index in [0.717, 1.165) is 11.3 Å². The molecule has 5 heteroatoms. The van der Waals surface area contributed by atoms with Crippen LogP contribution in [-0.4, -0.2) is 30.0 Å². The topological polar surface area (TPSA) is 58.1 Å². The summed E-state index contributed by atoms with van der Waals surface area (Å²) >= 11 is 0. The normalized spacial score (nSPS) is 10.1. The average molecular weight is 270 g/mol. The minimum absolute atomic E-state index is 0.0413. The van der Waals surface area contributed by atoms with Gasteiger partial charge in [-0.3, -0.25) is 4.79 Å². The van der Waals surface area contributed by atoms with Crippen LogP contribution in [0.5, 0.6) is 0 Å². The first-order valence-electron chi connectivity index (χ1n) is 6.47. The van der Waals surface area contributed by atoms with Crippen molar-refractivity contribution in [3.63, 3.8) is 0 Å². The number of hydrogen-bond donors (Lipinski definition) is 1. The van der Waals surface area contributed by atoms with E-state index in [1.807, 2.05) is 31.1 Å². The van der Waals surface area contributed by atoms with Gasteiger partial charge < -0.3 is 10.2 Å². The van der Waals surface area contributed by atoms with Crippen LogP contribution in [-0.2, 0) is 11.2 Å². The lowest BCUT2D eigenvalue weighted by atomic mass is 10.1. The minimum Gasteiger partial charge on any atom is -0.378 e. The van der Waals surface area contributed by atoms with Crippen molar-refractivity contribution in [3.8, 4) is 0 Å². The molecule has 0 aliphatic carbocycles. The molecule has 5 nitrogen and oxygen atoms in total. The summed E-state index contributed by atoms with van der Waals surface area (Å²) in [7, 11) is 4.01. The van der Waals surface area contributed by atoms with Crippen LogP contribution >= 0.6 is 0 Å². The van der Waals surface area contributed by atoms with Gasteiger partial charge in [0.05, 0.1) is 0 Å². The van der Waals surface area contributed by atoms with Crippen molar-refractivity contribution in [1.82, 2.24) is 9.97 Å². The molecule has 0 saturated carbocycles. The predicted octanol–water partition coefficient (Wildman–Crippen LogP) is 2.11. The highest BCUT2D eigenvalue weighted by Gasteiger charge is 2.04. The molecule has 0 saturated heterocycles. The molecule has 0 aliphatic rings. The highest BCUT2D eigenvalue weighted by molar-refractivity contribution is 5.89. The Hall–Kier alpha value is -2.43. The van der Waals surface area contributed by atoms with E-state index in [9.17, 15) is 4.79 Å². The molecule has 1 aromatic heterocycles. The van der Waals surface area contributed by atoms with Gasteiger partial charge in [-0.1, -0.05) is 12.1 Å². The van der Waals surface area contributed by atoms with Crippen LogP contribution < -0.4 is 10.2 Å². The fraction of sp³-hybridized carbons (Fsp3) is 0.267. The van der Waals surface area contributed by atoms with Gasteiger partial charge in [-0.2, -0.15) is 0 Å². The highest BCUT2D eigenvalue weighted by atomic mass is 16.1. The highest BCUT2D eigenvalue weighted by Crippen LogP contribution is 2.13. The van der Waals surface area contributed by atoms with Gasteiger partial charge in [0.1, 0.15) is 12.1 Å². The summed E-state index contributed by atoms with van der Waals surface area (Å²) in [5, 5.41) is 2.74. The summed E-state index contributed by atoms with van der Waals surface area (Å²) in [6, 6.07) is 9.87. The van der Waals surface area contributed by atoms with E-state index >= 15 is 0 Å². The maximum atomic E-state index is 11.8. The monoisotopic (exact) mass is 270 g/mol. The van der Waals surface area contributed by atoms with Crippen LogP contribution in [0.4, 0.5) is 11.5 Å². The van der Waals surface area contributed by atoms with Crippen molar-refractivity contribution in [3.05, 3.63) is 48.4 Å². The van der Waals surface area contributed by atoms with Gasteiger partial charge in [-0.25, -0.2) is 9.97 Å². The van der Waals surface area contributed by atoms with E-state index in [-0.39, 0.29) is 5.91 Å². The second-order valence-corrected chi connectivity index (χ2v) is 4.70. The van der Waals surface area contributed by atoms with Crippen molar-refractivity contribution in [2.75, 3.05) is 24.3 Å². The smallest absolute Gasteiger partial charge is 0.225 e. The maximum absolute atomic E-state index is 11.8. The fourth-order valence-electron chi connectivity index (χ4n) is 1.79. The number of nitrogens with one attached hydrogen (secondary N) is 1. The molecule has 20 heavy (non-hydrogen) atoms. The van der Waals surface area contributed by atoms with Crippen LogP contribution in [0.15, 0.2) is 42.9 Å². The lowest BCUT2D eigenvalue weighted by Crippen LogP contribution is -2.13. The predicted molar refractivity (Wildman–Crippen MR) is 79.8 cm³/mol. The Morgan fingerprint density at radius 2 is 1.95 bits per heavy atom. The third kappa shape index (κ3) is 4.05. The number of hydrogen-bond acceptors (Lipinski definition) is 4. The quantitative estimate of drug-likeness (QED) is 0.904. The van der Waals surface area contributed by atoms with Crippen LogP contribution in [0.25, 0.3) is 0 Å². The molecule has 0 atom stereocenters. The van der Waals surface area contributed by atoms with Crippen LogP contribution in [0.3, 0.4) is 0 Å². The van der Waals surface area contributed by atoms with Gasteiger partial charge in [-0.05, 0) is 30.2 Å². The minimum atomic E-state index is -0.0413. The van der Waals surface area contributed by atoms with Gasteiger partial charge in [0.2, 0.25) is 5.91 Å². The second kappa shape index (κ2) is 6.65. The van der Waals surface area contributed by atoms with E-state index in [2.05, 4.69) is 27.4 Å². The third-order valence-electron chi connectivity index (χ3n) is 2.94. The molecule has 0 radical (unpaired) electrons. The number of carbonyl (C=O) groups is 1. The van der Waals surface area contributed by atoms with Crippen molar-refractivity contribution in [2.24, 2.45) is 0 Å². The Morgan fingerprint density at radius 1 is 1.20 bits per heavy atom. The zero-order valence-corrected chi connectivity index (χ0v) is 11.7. The summed E-state index contributed by atoms with van der Waals surface area (Å²) in [6.07, 6.45) is 4.16. The molecule has 0 aliphatic heterocycles. The van der Waals surface area contributed by atoms with E-state index in [0.29, 0.717) is 18.7 Å². The maximum Gasteiger partial charge on any atom is 0.225 e. The molecule has 0 spiro atoms. The molecule has 0 unspecified atom stereocenters. The van der Waals surface area contributed by atoms with Gasteiger partial charge >= 0.3 is 0 Å². The molecule has 104 valence electrons. The summed E-state index contributed by atoms with van der Waals surface area (Å²) in [6.45, 7) is 0. The fourth-order valence-corrected chi connectivity index (χ4v) is 1.79. The number of benzene rings is 1. The molecule has 1 heterocycles. The Labute approximate surface area is 118 Å². The molecule has 2 rings (SSSR count). The molecule has 2 aromatic rings. The average Bonchev–Trinajstić information content (AvgIpc) is 2.46. The number of aryl methyl sites for hydroxylation is 1. The van der Waals surface area contributed by atoms with Gasteiger partial charge in [0, 0.05) is 32.4 Å². The summed E-state index contributed by atoms with van der Waals surface area (Å²) < 4.78 is 0. The molecule has 1 N–H and O–H groups in total. The third-order valence-corrected chi connectivity index (χ3v) is 2.94. The van der Waals surface area contributed by atoms with Crippen LogP contribution in [0, 0.1) is 0 Å². The first-order valence-corrected chi connectivity index (χ1v) is 6.47. The standard InChI is InChI=1S/C15H18N4O/c1-19(2)13-6-3-12(4-7-13)5-8-15(20)18-14-9-10-16-11-17-14/h3-4,6-7,9-11H,5,8H2,1-2H3,(H,16,17,18,20). The Kier molecular flexibility index (Phi) is 4.65. The van der Waals surface area contributed by atoms with Gasteiger partial charge in [-0.15, -0.1) is 0 Å². The van der Waals surface area contributed by atoms with E-state index < -0.39 is 0 Å². The molecular weight excluding hydrogens is 252 g/mol. The number of carbonyl (C=O) groups excluding carboxylic acids is 1. The number of anilines is 2. The Bertz CT molecular complexity index is 552. The first kappa shape index (κ1) is 14.0. The first-order chi connectivity index (χ1) is 9.65. The van der Waals surface area contributed by atoms with Crippen molar-refractivity contribution in [2.45, 2.75) is 12.8 Å².